The van der Waals surface area contributed by atoms with Crippen molar-refractivity contribution < 1.29 is 0 Å². The van der Waals surface area contributed by atoms with Gasteiger partial charge in [-0.15, -0.1) is 0 Å². The molecule has 1 aromatic rings. The van der Waals surface area contributed by atoms with Crippen molar-refractivity contribution in [2.45, 2.75) is 37.4 Å². The summed E-state index contributed by atoms with van der Waals surface area (Å²) in [6.07, 6.45) is 4.62. The van der Waals surface area contributed by atoms with E-state index in [4.69, 9.17) is 0 Å². The fourth-order valence-corrected chi connectivity index (χ4v) is 3.03. The van der Waals surface area contributed by atoms with E-state index in [1.165, 1.54) is 18.5 Å². The summed E-state index contributed by atoms with van der Waals surface area (Å²) in [4.78, 5) is 5.05. The van der Waals surface area contributed by atoms with E-state index in [9.17, 15) is 0 Å². The molecule has 78 valence electrons. The number of imidazole rings is 1. The molecule has 0 spiro atoms. The Morgan fingerprint density at radius 2 is 2.21 bits per heavy atom. The molecule has 0 bridgehead atoms. The van der Waals surface area contributed by atoms with Crippen molar-refractivity contribution in [3.63, 3.8) is 0 Å². The van der Waals surface area contributed by atoms with Gasteiger partial charge in [0.1, 0.15) is 5.82 Å². The summed E-state index contributed by atoms with van der Waals surface area (Å²) < 4.78 is 2.23. The Morgan fingerprint density at radius 3 is 2.64 bits per heavy atom. The summed E-state index contributed by atoms with van der Waals surface area (Å²) in [6, 6.07) is 0. The Hall–Kier alpha value is -0.310. The molecule has 1 fully saturated rings. The maximum Gasteiger partial charge on any atom is 0.105 e. The van der Waals surface area contributed by atoms with Gasteiger partial charge in [-0.05, 0) is 25.7 Å². The summed E-state index contributed by atoms with van der Waals surface area (Å²) in [5.74, 6) is 2.53. The molecule has 1 heterocycles. The van der Waals surface area contributed by atoms with Gasteiger partial charge in [0.25, 0.3) is 0 Å². The molecule has 1 aliphatic rings. The predicted octanol–water partition coefficient (Wildman–Crippen LogP) is 3.01. The van der Waals surface area contributed by atoms with Crippen molar-refractivity contribution in [2.75, 3.05) is 0 Å². The zero-order valence-corrected chi connectivity index (χ0v) is 10.6. The molecule has 0 aliphatic heterocycles. The van der Waals surface area contributed by atoms with Gasteiger partial charge in [-0.3, -0.25) is 0 Å². The molecule has 0 radical (unpaired) electrons. The molecule has 2 nitrogen and oxygen atoms in total. The van der Waals surface area contributed by atoms with E-state index >= 15 is 0 Å². The van der Waals surface area contributed by atoms with Crippen molar-refractivity contribution in [3.05, 3.63) is 17.7 Å². The van der Waals surface area contributed by atoms with Gasteiger partial charge >= 0.3 is 0 Å². The molecule has 3 heteroatoms. The van der Waals surface area contributed by atoms with E-state index in [1.807, 2.05) is 6.20 Å². The minimum atomic E-state index is 0.683. The molecule has 1 aromatic heterocycles. The van der Waals surface area contributed by atoms with Gasteiger partial charge in [-0.25, -0.2) is 4.98 Å². The summed E-state index contributed by atoms with van der Waals surface area (Å²) in [6.45, 7) is 4.40. The first-order valence-electron chi connectivity index (χ1n) is 5.23. The van der Waals surface area contributed by atoms with Gasteiger partial charge in [-0.1, -0.05) is 22.9 Å². The monoisotopic (exact) mass is 256 g/mol. The van der Waals surface area contributed by atoms with E-state index in [0.717, 1.165) is 11.7 Å². The molecule has 2 rings (SSSR count). The standard InChI is InChI=1S/C11H17BrN2/c1-7-9(4-5-10(7)12)11-6-13-8(2)14(11)3/h6-7,9-10H,4-5H2,1-3H3. The largest absolute Gasteiger partial charge is 0.335 e. The molecule has 3 atom stereocenters. The molecule has 14 heavy (non-hydrogen) atoms. The van der Waals surface area contributed by atoms with Crippen LogP contribution in [0.25, 0.3) is 0 Å². The van der Waals surface area contributed by atoms with Crippen LogP contribution in [0.4, 0.5) is 0 Å². The van der Waals surface area contributed by atoms with Crippen LogP contribution in [-0.2, 0) is 7.05 Å². The lowest BCUT2D eigenvalue weighted by Crippen LogP contribution is -2.12. The predicted molar refractivity (Wildman–Crippen MR) is 61.8 cm³/mol. The van der Waals surface area contributed by atoms with Crippen LogP contribution in [0, 0.1) is 12.8 Å². The number of nitrogens with zero attached hydrogens (tertiary/aromatic N) is 2. The smallest absolute Gasteiger partial charge is 0.105 e. The van der Waals surface area contributed by atoms with Crippen LogP contribution in [0.5, 0.6) is 0 Å². The molecular weight excluding hydrogens is 240 g/mol. The average molecular weight is 257 g/mol. The van der Waals surface area contributed by atoms with Crippen molar-refractivity contribution in [1.82, 2.24) is 9.55 Å². The lowest BCUT2D eigenvalue weighted by Gasteiger charge is -2.17. The fraction of sp³-hybridized carbons (Fsp3) is 0.727. The van der Waals surface area contributed by atoms with E-state index in [2.05, 4.69) is 46.4 Å². The summed E-state index contributed by atoms with van der Waals surface area (Å²) in [5, 5.41) is 0. The number of halogens is 1. The first-order chi connectivity index (χ1) is 6.61. The molecule has 0 saturated heterocycles. The van der Waals surface area contributed by atoms with Crippen LogP contribution in [0.2, 0.25) is 0 Å². The lowest BCUT2D eigenvalue weighted by molar-refractivity contribution is 0.516. The van der Waals surface area contributed by atoms with E-state index in [1.54, 1.807) is 0 Å². The van der Waals surface area contributed by atoms with Gasteiger partial charge in [0.05, 0.1) is 0 Å². The van der Waals surface area contributed by atoms with E-state index in [0.29, 0.717) is 10.7 Å². The SMILES string of the molecule is Cc1ncc(C2CCC(Br)C2C)n1C. The third-order valence-corrected chi connectivity index (χ3v) is 4.89. The van der Waals surface area contributed by atoms with Crippen LogP contribution in [0.1, 0.15) is 37.2 Å². The highest BCUT2D eigenvalue weighted by molar-refractivity contribution is 9.09. The second kappa shape index (κ2) is 3.69. The lowest BCUT2D eigenvalue weighted by atomic mass is 9.95. The van der Waals surface area contributed by atoms with E-state index in [-0.39, 0.29) is 0 Å². The first-order valence-corrected chi connectivity index (χ1v) is 6.15. The number of rotatable bonds is 1. The first kappa shape index (κ1) is 10.2. The zero-order chi connectivity index (χ0) is 10.3. The zero-order valence-electron chi connectivity index (χ0n) is 9.00. The molecule has 0 aromatic carbocycles. The number of alkyl halides is 1. The van der Waals surface area contributed by atoms with E-state index < -0.39 is 0 Å². The van der Waals surface area contributed by atoms with Crippen molar-refractivity contribution >= 4 is 15.9 Å². The van der Waals surface area contributed by atoms with Crippen LogP contribution in [-0.4, -0.2) is 14.4 Å². The highest BCUT2D eigenvalue weighted by atomic mass is 79.9. The summed E-state index contributed by atoms with van der Waals surface area (Å²) >= 11 is 3.74. The Morgan fingerprint density at radius 1 is 1.50 bits per heavy atom. The molecule has 0 amide bonds. The molecule has 1 aliphatic carbocycles. The van der Waals surface area contributed by atoms with Crippen LogP contribution in [0.15, 0.2) is 6.20 Å². The Kier molecular flexibility index (Phi) is 2.69. The van der Waals surface area contributed by atoms with Gasteiger partial charge in [0, 0.05) is 29.7 Å². The average Bonchev–Trinajstić information content (AvgIpc) is 2.63. The topological polar surface area (TPSA) is 17.8 Å². The minimum absolute atomic E-state index is 0.683. The maximum atomic E-state index is 4.37. The third kappa shape index (κ3) is 1.52. The second-order valence-electron chi connectivity index (χ2n) is 4.35. The third-order valence-electron chi connectivity index (χ3n) is 3.59. The van der Waals surface area contributed by atoms with Gasteiger partial charge in [0.15, 0.2) is 0 Å². The van der Waals surface area contributed by atoms with Gasteiger partial charge in [0.2, 0.25) is 0 Å². The summed E-state index contributed by atoms with van der Waals surface area (Å²) in [5.41, 5.74) is 1.40. The normalized spacial score (nSPS) is 32.4. The second-order valence-corrected chi connectivity index (χ2v) is 5.52. The molecule has 1 saturated carbocycles. The Labute approximate surface area is 93.9 Å². The summed E-state index contributed by atoms with van der Waals surface area (Å²) in [7, 11) is 2.12. The molecule has 0 N–H and O–H groups in total. The van der Waals surface area contributed by atoms with Crippen molar-refractivity contribution in [1.29, 1.82) is 0 Å². The number of hydrogen-bond acceptors (Lipinski definition) is 1. The van der Waals surface area contributed by atoms with Gasteiger partial charge in [-0.2, -0.15) is 0 Å². The van der Waals surface area contributed by atoms with Crippen LogP contribution >= 0.6 is 15.9 Å². The van der Waals surface area contributed by atoms with Gasteiger partial charge < -0.3 is 4.57 Å². The fourth-order valence-electron chi connectivity index (χ4n) is 2.40. The Balaban J connectivity index is 2.28. The quantitative estimate of drug-likeness (QED) is 0.707. The highest BCUT2D eigenvalue weighted by Gasteiger charge is 2.33. The van der Waals surface area contributed by atoms with Crippen LogP contribution < -0.4 is 0 Å². The number of aromatic nitrogens is 2. The number of aryl methyl sites for hydroxylation is 1. The highest BCUT2D eigenvalue weighted by Crippen LogP contribution is 2.42. The van der Waals surface area contributed by atoms with Crippen LogP contribution in [0.3, 0.4) is 0 Å². The Bertz CT molecular complexity index is 332. The minimum Gasteiger partial charge on any atom is -0.335 e. The van der Waals surface area contributed by atoms with Crippen molar-refractivity contribution in [3.8, 4) is 0 Å². The number of hydrogen-bond donors (Lipinski definition) is 0. The molecular formula is C11H17BrN2. The maximum absolute atomic E-state index is 4.37. The van der Waals surface area contributed by atoms with Crippen molar-refractivity contribution in [2.24, 2.45) is 13.0 Å². The molecule has 3 unspecified atom stereocenters.